The number of hydrogen-bond acceptors (Lipinski definition) is 3. The number of nitrogens with one attached hydrogen (secondary N) is 1. The molecule has 4 nitrogen and oxygen atoms in total. The van der Waals surface area contributed by atoms with E-state index in [1.165, 1.54) is 18.2 Å². The lowest BCUT2D eigenvalue weighted by atomic mass is 10.2. The summed E-state index contributed by atoms with van der Waals surface area (Å²) < 4.78 is 53.9. The molecule has 2 aromatic carbocycles. The maximum atomic E-state index is 13.9. The van der Waals surface area contributed by atoms with Crippen molar-refractivity contribution in [2.45, 2.75) is 11.8 Å². The van der Waals surface area contributed by atoms with Gasteiger partial charge in [-0.15, -0.1) is 0 Å². The van der Waals surface area contributed by atoms with E-state index in [1.54, 1.807) is 6.92 Å². The Morgan fingerprint density at radius 3 is 2.52 bits per heavy atom. The summed E-state index contributed by atoms with van der Waals surface area (Å²) in [5, 5.41) is 0. The van der Waals surface area contributed by atoms with E-state index < -0.39 is 26.6 Å². The molecule has 0 heterocycles. The Morgan fingerprint density at radius 2 is 1.86 bits per heavy atom. The summed E-state index contributed by atoms with van der Waals surface area (Å²) >= 11 is 2.88. The van der Waals surface area contributed by atoms with Crippen molar-refractivity contribution in [2.24, 2.45) is 0 Å². The lowest BCUT2D eigenvalue weighted by Gasteiger charge is -2.11. The largest absolute Gasteiger partial charge is 0.399 e. The molecule has 21 heavy (non-hydrogen) atoms. The van der Waals surface area contributed by atoms with Gasteiger partial charge < -0.3 is 5.73 Å². The number of hydrogen-bond donors (Lipinski definition) is 2. The van der Waals surface area contributed by atoms with Crippen LogP contribution in [-0.2, 0) is 10.0 Å². The van der Waals surface area contributed by atoms with Gasteiger partial charge in [0.2, 0.25) is 0 Å². The molecule has 0 aliphatic rings. The minimum atomic E-state index is -4.30. The van der Waals surface area contributed by atoms with Crippen LogP contribution in [0.1, 0.15) is 5.56 Å². The molecule has 0 unspecified atom stereocenters. The van der Waals surface area contributed by atoms with Gasteiger partial charge in [-0.1, -0.05) is 6.07 Å². The first-order valence-electron chi connectivity index (χ1n) is 5.74. The van der Waals surface area contributed by atoms with Crippen LogP contribution in [-0.4, -0.2) is 8.42 Å². The third-order valence-corrected chi connectivity index (χ3v) is 4.61. The number of rotatable bonds is 3. The highest BCUT2D eigenvalue weighted by molar-refractivity contribution is 9.10. The van der Waals surface area contributed by atoms with Gasteiger partial charge in [0, 0.05) is 5.69 Å². The quantitative estimate of drug-likeness (QED) is 0.806. The summed E-state index contributed by atoms with van der Waals surface area (Å²) in [5.41, 5.74) is 5.97. The van der Waals surface area contributed by atoms with E-state index in [9.17, 15) is 17.2 Å². The van der Waals surface area contributed by atoms with Crippen LogP contribution in [0.3, 0.4) is 0 Å². The van der Waals surface area contributed by atoms with Crippen LogP contribution in [0, 0.1) is 18.6 Å². The predicted molar refractivity (Wildman–Crippen MR) is 80.5 cm³/mol. The van der Waals surface area contributed by atoms with Crippen LogP contribution in [0.5, 0.6) is 0 Å². The van der Waals surface area contributed by atoms with Crippen molar-refractivity contribution in [1.82, 2.24) is 0 Å². The normalized spacial score (nSPS) is 11.4. The van der Waals surface area contributed by atoms with Crippen molar-refractivity contribution < 1.29 is 17.2 Å². The smallest absolute Gasteiger partial charge is 0.265 e. The standard InChI is InChI=1S/C13H11BrF2N2O2S/c1-7-2-3-10(15)11(4-7)18-21(19,20)12-6-8(17)5-9(14)13(12)16/h2-6,18H,17H2,1H3. The summed E-state index contributed by atoms with van der Waals surface area (Å²) in [5.74, 6) is -1.75. The minimum absolute atomic E-state index is 0.0633. The Kier molecular flexibility index (Phi) is 4.20. The molecule has 0 amide bonds. The van der Waals surface area contributed by atoms with Crippen LogP contribution >= 0.6 is 15.9 Å². The molecule has 2 aromatic rings. The minimum Gasteiger partial charge on any atom is -0.399 e. The van der Waals surface area contributed by atoms with Gasteiger partial charge in [-0.2, -0.15) is 0 Å². The number of anilines is 2. The number of sulfonamides is 1. The maximum absolute atomic E-state index is 13.9. The van der Waals surface area contributed by atoms with Crippen LogP contribution < -0.4 is 10.5 Å². The van der Waals surface area contributed by atoms with Crippen molar-refractivity contribution in [3.63, 3.8) is 0 Å². The molecule has 8 heteroatoms. The molecule has 0 atom stereocenters. The van der Waals surface area contributed by atoms with Crippen LogP contribution in [0.4, 0.5) is 20.2 Å². The van der Waals surface area contributed by atoms with E-state index in [0.29, 0.717) is 5.56 Å². The molecular weight excluding hydrogens is 366 g/mol. The number of nitrogens with two attached hydrogens (primary N) is 1. The number of halogens is 3. The monoisotopic (exact) mass is 376 g/mol. The van der Waals surface area contributed by atoms with Crippen molar-refractivity contribution in [1.29, 1.82) is 0 Å². The third kappa shape index (κ3) is 3.33. The molecule has 3 N–H and O–H groups in total. The summed E-state index contributed by atoms with van der Waals surface area (Å²) in [6.45, 7) is 1.68. The molecule has 0 bridgehead atoms. The number of nitrogen functional groups attached to an aromatic ring is 1. The predicted octanol–water partition coefficient (Wildman–Crippen LogP) is 3.42. The first-order valence-corrected chi connectivity index (χ1v) is 8.02. The lowest BCUT2D eigenvalue weighted by molar-refractivity contribution is 0.566. The zero-order valence-electron chi connectivity index (χ0n) is 10.8. The Hall–Kier alpha value is -1.67. The van der Waals surface area contributed by atoms with Gasteiger partial charge in [0.15, 0.2) is 5.82 Å². The highest BCUT2D eigenvalue weighted by Gasteiger charge is 2.23. The molecule has 0 saturated carbocycles. The van der Waals surface area contributed by atoms with E-state index in [-0.39, 0.29) is 15.8 Å². The number of benzene rings is 2. The van der Waals surface area contributed by atoms with Gasteiger partial charge in [0.25, 0.3) is 10.0 Å². The fourth-order valence-corrected chi connectivity index (χ4v) is 3.50. The van der Waals surface area contributed by atoms with Gasteiger partial charge in [-0.25, -0.2) is 17.2 Å². The maximum Gasteiger partial charge on any atom is 0.265 e. The van der Waals surface area contributed by atoms with Crippen LogP contribution in [0.25, 0.3) is 0 Å². The van der Waals surface area contributed by atoms with E-state index >= 15 is 0 Å². The highest BCUT2D eigenvalue weighted by atomic mass is 79.9. The average Bonchev–Trinajstić information content (AvgIpc) is 2.37. The van der Waals surface area contributed by atoms with Crippen LogP contribution in [0.2, 0.25) is 0 Å². The second-order valence-corrected chi connectivity index (χ2v) is 6.91. The summed E-state index contributed by atoms with van der Waals surface area (Å²) in [6.07, 6.45) is 0. The summed E-state index contributed by atoms with van der Waals surface area (Å²) in [4.78, 5) is -0.657. The van der Waals surface area contributed by atoms with Gasteiger partial charge in [-0.3, -0.25) is 4.72 Å². The first-order chi connectivity index (χ1) is 9.70. The number of aryl methyl sites for hydroxylation is 1. The zero-order chi connectivity index (χ0) is 15.8. The summed E-state index contributed by atoms with van der Waals surface area (Å²) in [7, 11) is -4.30. The van der Waals surface area contributed by atoms with Crippen molar-refractivity contribution >= 4 is 37.3 Å². The van der Waals surface area contributed by atoms with Crippen molar-refractivity contribution in [3.05, 3.63) is 52.0 Å². The molecule has 0 aliphatic heterocycles. The molecule has 0 aromatic heterocycles. The van der Waals surface area contributed by atoms with Crippen molar-refractivity contribution in [2.75, 3.05) is 10.5 Å². The van der Waals surface area contributed by atoms with Crippen molar-refractivity contribution in [3.8, 4) is 0 Å². The molecular formula is C13H11BrF2N2O2S. The fraction of sp³-hybridized carbons (Fsp3) is 0.0769. The van der Waals surface area contributed by atoms with Crippen LogP contribution in [0.15, 0.2) is 39.7 Å². The Labute approximate surface area is 129 Å². The average molecular weight is 377 g/mol. The SMILES string of the molecule is Cc1ccc(F)c(NS(=O)(=O)c2cc(N)cc(Br)c2F)c1. The third-order valence-electron chi connectivity index (χ3n) is 2.67. The summed E-state index contributed by atoms with van der Waals surface area (Å²) in [6, 6.07) is 6.13. The first kappa shape index (κ1) is 15.7. The molecule has 0 fully saturated rings. The molecule has 112 valence electrons. The molecule has 0 saturated heterocycles. The Bertz CT molecular complexity index is 810. The van der Waals surface area contributed by atoms with E-state index in [4.69, 9.17) is 5.73 Å². The fourth-order valence-electron chi connectivity index (χ4n) is 1.70. The Morgan fingerprint density at radius 1 is 1.19 bits per heavy atom. The molecule has 0 spiro atoms. The van der Waals surface area contributed by atoms with E-state index in [2.05, 4.69) is 15.9 Å². The molecule has 0 aliphatic carbocycles. The molecule has 2 rings (SSSR count). The van der Waals surface area contributed by atoms with Gasteiger partial charge in [-0.05, 0) is 52.7 Å². The topological polar surface area (TPSA) is 72.2 Å². The van der Waals surface area contributed by atoms with Gasteiger partial charge in [0.05, 0.1) is 10.2 Å². The van der Waals surface area contributed by atoms with Gasteiger partial charge >= 0.3 is 0 Å². The highest BCUT2D eigenvalue weighted by Crippen LogP contribution is 2.28. The van der Waals surface area contributed by atoms with E-state index in [1.807, 2.05) is 4.72 Å². The second kappa shape index (κ2) is 5.61. The lowest BCUT2D eigenvalue weighted by Crippen LogP contribution is -2.16. The molecule has 0 radical (unpaired) electrons. The second-order valence-electron chi connectivity index (χ2n) is 4.40. The van der Waals surface area contributed by atoms with Gasteiger partial charge in [0.1, 0.15) is 10.7 Å². The van der Waals surface area contributed by atoms with E-state index in [0.717, 1.165) is 12.1 Å². The zero-order valence-corrected chi connectivity index (χ0v) is 13.2. The Balaban J connectivity index is 2.51.